The number of benzene rings is 2. The highest BCUT2D eigenvalue weighted by Crippen LogP contribution is 2.42. The number of hydrogen-bond donors (Lipinski definition) is 2. The summed E-state index contributed by atoms with van der Waals surface area (Å²) in [7, 11) is 0. The number of ketones is 1. The van der Waals surface area contributed by atoms with Crippen molar-refractivity contribution in [2.24, 2.45) is 0 Å². The van der Waals surface area contributed by atoms with Gasteiger partial charge in [0.25, 0.3) is 5.91 Å². The van der Waals surface area contributed by atoms with Crippen molar-refractivity contribution in [2.45, 2.75) is 58.4 Å². The number of fused-ring (bicyclic) bond motifs is 1. The molecule has 9 heteroatoms. The zero-order valence-corrected chi connectivity index (χ0v) is 20.6. The molecule has 2 N–H and O–H groups in total. The van der Waals surface area contributed by atoms with Crippen LogP contribution >= 0.6 is 12.4 Å². The van der Waals surface area contributed by atoms with Crippen LogP contribution in [0.3, 0.4) is 0 Å². The number of ether oxygens (including phenoxy) is 2. The Bertz CT molecular complexity index is 1060. The topological polar surface area (TPSA) is 93.7 Å². The van der Waals surface area contributed by atoms with Crippen LogP contribution in [-0.2, 0) is 9.53 Å². The molecular formula is C25H30ClFN2O5. The second-order valence-electron chi connectivity index (χ2n) is 8.92. The van der Waals surface area contributed by atoms with Gasteiger partial charge in [0.15, 0.2) is 11.9 Å². The van der Waals surface area contributed by atoms with Crippen LogP contribution in [0.1, 0.15) is 66.9 Å². The van der Waals surface area contributed by atoms with E-state index in [0.29, 0.717) is 16.9 Å². The van der Waals surface area contributed by atoms with Crippen LogP contribution in [0.5, 0.6) is 5.75 Å². The van der Waals surface area contributed by atoms with E-state index >= 15 is 0 Å². The van der Waals surface area contributed by atoms with Gasteiger partial charge in [-0.05, 0) is 63.2 Å². The van der Waals surface area contributed by atoms with Crippen molar-refractivity contribution < 1.29 is 28.2 Å². The number of halogens is 2. The fourth-order valence-electron chi connectivity index (χ4n) is 3.67. The van der Waals surface area contributed by atoms with E-state index in [4.69, 9.17) is 9.47 Å². The Morgan fingerprint density at radius 1 is 1.09 bits per heavy atom. The largest absolute Gasteiger partial charge is 0.484 e. The molecule has 0 radical (unpaired) electrons. The molecule has 1 aliphatic heterocycles. The highest BCUT2D eigenvalue weighted by Gasteiger charge is 2.47. The van der Waals surface area contributed by atoms with Crippen molar-refractivity contribution in [2.75, 3.05) is 6.54 Å². The summed E-state index contributed by atoms with van der Waals surface area (Å²) < 4.78 is 25.2. The maximum atomic E-state index is 13.3. The van der Waals surface area contributed by atoms with Gasteiger partial charge in [0.1, 0.15) is 17.2 Å². The first-order valence-corrected chi connectivity index (χ1v) is 10.8. The Balaban J connectivity index is 0.00000408. The molecule has 3 rings (SSSR count). The molecule has 34 heavy (non-hydrogen) atoms. The summed E-state index contributed by atoms with van der Waals surface area (Å²) in [4.78, 5) is 37.6. The molecule has 2 aromatic carbocycles. The molecule has 0 bridgehead atoms. The quantitative estimate of drug-likeness (QED) is 0.448. The third-order valence-corrected chi connectivity index (χ3v) is 5.42. The second kappa shape index (κ2) is 11.0. The fourth-order valence-corrected chi connectivity index (χ4v) is 3.67. The number of carbonyl (C=O) groups is 3. The van der Waals surface area contributed by atoms with Crippen molar-refractivity contribution >= 4 is 30.1 Å². The maximum Gasteiger partial charge on any atom is 0.320 e. The molecule has 0 aliphatic carbocycles. The Morgan fingerprint density at radius 2 is 1.71 bits per heavy atom. The van der Waals surface area contributed by atoms with Gasteiger partial charge in [0.2, 0.25) is 0 Å². The minimum atomic E-state index is -0.987. The molecule has 0 unspecified atom stereocenters. The Hall–Kier alpha value is -2.97. The number of hydrogen-bond acceptors (Lipinski definition) is 6. The number of nitrogens with one attached hydrogen (secondary N) is 2. The molecule has 1 aliphatic rings. The molecule has 0 spiro atoms. The Morgan fingerprint density at radius 3 is 2.29 bits per heavy atom. The van der Waals surface area contributed by atoms with Crippen LogP contribution in [0.25, 0.3) is 0 Å². The molecule has 0 saturated heterocycles. The molecule has 2 atom stereocenters. The molecule has 7 nitrogen and oxygen atoms in total. The lowest BCUT2D eigenvalue weighted by atomic mass is 9.85. The summed E-state index contributed by atoms with van der Waals surface area (Å²) >= 11 is 0. The average molecular weight is 493 g/mol. The minimum absolute atomic E-state index is 0. The van der Waals surface area contributed by atoms with Crippen LogP contribution in [0.4, 0.5) is 4.39 Å². The van der Waals surface area contributed by atoms with Gasteiger partial charge in [0.05, 0.1) is 12.6 Å². The molecule has 1 heterocycles. The lowest BCUT2D eigenvalue weighted by Crippen LogP contribution is -2.56. The number of carbonyl (C=O) groups excluding carboxylic acids is 3. The summed E-state index contributed by atoms with van der Waals surface area (Å²) in [5.74, 6) is -1.11. The summed E-state index contributed by atoms with van der Waals surface area (Å²) in [6.45, 7) is 8.78. The SMILES string of the molecule is CC(=O)c1ccc2c(c1)[C@@H](NC(=O)c1ccc(F)cc1)[C@@H](OC(=O)CNC(C)C)C(C)(C)O2.Cl. The van der Waals surface area contributed by atoms with Crippen LogP contribution in [-0.4, -0.2) is 42.0 Å². The van der Waals surface area contributed by atoms with Gasteiger partial charge in [-0.15, -0.1) is 12.4 Å². The molecule has 2 aromatic rings. The first-order chi connectivity index (χ1) is 15.5. The van der Waals surface area contributed by atoms with E-state index in [-0.39, 0.29) is 36.3 Å². The summed E-state index contributed by atoms with van der Waals surface area (Å²) in [6, 6.07) is 9.36. The van der Waals surface area contributed by atoms with Gasteiger partial charge in [-0.3, -0.25) is 14.4 Å². The van der Waals surface area contributed by atoms with Crippen LogP contribution in [0.2, 0.25) is 0 Å². The molecule has 0 saturated carbocycles. The van der Waals surface area contributed by atoms with Crippen molar-refractivity contribution in [3.63, 3.8) is 0 Å². The third kappa shape index (κ3) is 6.33. The highest BCUT2D eigenvalue weighted by atomic mass is 35.5. The van der Waals surface area contributed by atoms with Crippen LogP contribution in [0, 0.1) is 5.82 Å². The summed E-state index contributed by atoms with van der Waals surface area (Å²) in [5, 5.41) is 5.91. The van der Waals surface area contributed by atoms with Crippen LogP contribution < -0.4 is 15.4 Å². The average Bonchev–Trinajstić information content (AvgIpc) is 2.74. The van der Waals surface area contributed by atoms with Crippen molar-refractivity contribution in [1.82, 2.24) is 10.6 Å². The Kier molecular flexibility index (Phi) is 8.80. The van der Waals surface area contributed by atoms with Gasteiger partial charge in [0, 0.05) is 22.7 Å². The molecule has 0 fully saturated rings. The van der Waals surface area contributed by atoms with Gasteiger partial charge >= 0.3 is 5.97 Å². The van der Waals surface area contributed by atoms with Gasteiger partial charge in [-0.1, -0.05) is 13.8 Å². The first-order valence-electron chi connectivity index (χ1n) is 10.8. The van der Waals surface area contributed by atoms with E-state index in [0.717, 1.165) is 0 Å². The Labute approximate surface area is 204 Å². The smallest absolute Gasteiger partial charge is 0.320 e. The zero-order chi connectivity index (χ0) is 24.3. The number of Topliss-reactive ketones (excluding diaryl/α,β-unsaturated/α-hetero) is 1. The number of amides is 1. The summed E-state index contributed by atoms with van der Waals surface area (Å²) in [5.41, 5.74) is 0.215. The van der Waals surface area contributed by atoms with E-state index < -0.39 is 35.4 Å². The third-order valence-electron chi connectivity index (χ3n) is 5.42. The van der Waals surface area contributed by atoms with E-state index in [2.05, 4.69) is 10.6 Å². The lowest BCUT2D eigenvalue weighted by Gasteiger charge is -2.44. The standard InChI is InChI=1S/C25H29FN2O5.ClH/c1-14(2)27-13-21(30)32-23-22(28-24(31)16-6-9-18(26)10-7-16)19-12-17(15(3)29)8-11-20(19)33-25(23,4)5;/h6-12,14,22-23,27H,13H2,1-5H3,(H,28,31);1H/t22-,23-;/m1./s1. The lowest BCUT2D eigenvalue weighted by molar-refractivity contribution is -0.164. The van der Waals surface area contributed by atoms with Crippen molar-refractivity contribution in [3.05, 3.63) is 65.0 Å². The molecule has 0 aromatic heterocycles. The number of esters is 1. The van der Waals surface area contributed by atoms with E-state index in [1.54, 1.807) is 32.0 Å². The second-order valence-corrected chi connectivity index (χ2v) is 8.92. The van der Waals surface area contributed by atoms with Gasteiger partial charge < -0.3 is 20.1 Å². The van der Waals surface area contributed by atoms with E-state index in [1.165, 1.54) is 31.2 Å². The van der Waals surface area contributed by atoms with Crippen molar-refractivity contribution in [3.8, 4) is 5.75 Å². The monoisotopic (exact) mass is 492 g/mol. The maximum absolute atomic E-state index is 13.3. The van der Waals surface area contributed by atoms with Crippen molar-refractivity contribution in [1.29, 1.82) is 0 Å². The molecular weight excluding hydrogens is 463 g/mol. The predicted octanol–water partition coefficient (Wildman–Crippen LogP) is 4.00. The van der Waals surface area contributed by atoms with E-state index in [9.17, 15) is 18.8 Å². The molecule has 184 valence electrons. The van der Waals surface area contributed by atoms with Crippen LogP contribution in [0.15, 0.2) is 42.5 Å². The zero-order valence-electron chi connectivity index (χ0n) is 19.8. The normalized spacial score (nSPS) is 18.2. The van der Waals surface area contributed by atoms with E-state index in [1.807, 2.05) is 13.8 Å². The van der Waals surface area contributed by atoms with Gasteiger partial charge in [-0.25, -0.2) is 4.39 Å². The first kappa shape index (κ1) is 27.3. The molecule has 1 amide bonds. The predicted molar refractivity (Wildman–Crippen MR) is 128 cm³/mol. The fraction of sp³-hybridized carbons (Fsp3) is 0.400. The highest BCUT2D eigenvalue weighted by molar-refractivity contribution is 5.95. The van der Waals surface area contributed by atoms with Gasteiger partial charge in [-0.2, -0.15) is 0 Å². The minimum Gasteiger partial charge on any atom is -0.484 e. The summed E-state index contributed by atoms with van der Waals surface area (Å²) in [6.07, 6.45) is -0.891. The number of rotatable bonds is 7.